The summed E-state index contributed by atoms with van der Waals surface area (Å²) < 4.78 is 0. The van der Waals surface area contributed by atoms with E-state index in [4.69, 9.17) is 0 Å². The van der Waals surface area contributed by atoms with E-state index < -0.39 is 0 Å². The van der Waals surface area contributed by atoms with Gasteiger partial charge in [-0.2, -0.15) is 0 Å². The van der Waals surface area contributed by atoms with E-state index in [2.05, 4.69) is 15.3 Å². The van der Waals surface area contributed by atoms with E-state index in [1.807, 2.05) is 19.1 Å². The largest absolute Gasteiger partial charge is 0.323 e. The summed E-state index contributed by atoms with van der Waals surface area (Å²) in [5.41, 5.74) is 3.15. The highest BCUT2D eigenvalue weighted by molar-refractivity contribution is 5.99. The Morgan fingerprint density at radius 2 is 2.00 bits per heavy atom. The van der Waals surface area contributed by atoms with Crippen molar-refractivity contribution in [3.63, 3.8) is 0 Å². The second-order valence-corrected chi connectivity index (χ2v) is 5.96. The lowest BCUT2D eigenvalue weighted by atomic mass is 10.1. The van der Waals surface area contributed by atoms with Gasteiger partial charge >= 0.3 is 0 Å². The van der Waals surface area contributed by atoms with Crippen molar-refractivity contribution in [2.75, 3.05) is 5.32 Å². The van der Waals surface area contributed by atoms with Crippen LogP contribution < -0.4 is 10.9 Å². The van der Waals surface area contributed by atoms with Gasteiger partial charge in [0.15, 0.2) is 0 Å². The van der Waals surface area contributed by atoms with Gasteiger partial charge in [0.2, 0.25) is 5.91 Å². The smallest absolute Gasteiger partial charge is 0.251 e. The zero-order valence-electron chi connectivity index (χ0n) is 13.2. The van der Waals surface area contributed by atoms with Crippen molar-refractivity contribution in [3.8, 4) is 11.4 Å². The van der Waals surface area contributed by atoms with Crippen LogP contribution in [0.5, 0.6) is 0 Å². The highest BCUT2D eigenvalue weighted by Gasteiger charge is 2.23. The first kappa shape index (κ1) is 15.2. The van der Waals surface area contributed by atoms with Crippen LogP contribution in [0.1, 0.15) is 25.5 Å². The molecule has 0 unspecified atom stereocenters. The van der Waals surface area contributed by atoms with E-state index in [9.17, 15) is 9.59 Å². The van der Waals surface area contributed by atoms with E-state index in [0.717, 1.165) is 11.1 Å². The van der Waals surface area contributed by atoms with Gasteiger partial charge in [-0.1, -0.05) is 5.57 Å². The summed E-state index contributed by atoms with van der Waals surface area (Å²) in [5, 5.41) is 2.85. The summed E-state index contributed by atoms with van der Waals surface area (Å²) in [7, 11) is 0. The van der Waals surface area contributed by atoms with E-state index >= 15 is 0 Å². The maximum atomic E-state index is 12.0. The lowest BCUT2D eigenvalue weighted by Crippen LogP contribution is -2.10. The number of anilines is 1. The van der Waals surface area contributed by atoms with Crippen LogP contribution in [0.3, 0.4) is 0 Å². The molecule has 1 fully saturated rings. The lowest BCUT2D eigenvalue weighted by Gasteiger charge is -2.06. The third-order valence-corrected chi connectivity index (χ3v) is 3.88. The van der Waals surface area contributed by atoms with Gasteiger partial charge in [-0.05, 0) is 56.9 Å². The van der Waals surface area contributed by atoms with Gasteiger partial charge in [0.05, 0.1) is 0 Å². The molecule has 0 spiro atoms. The summed E-state index contributed by atoms with van der Waals surface area (Å²) in [5.74, 6) is 1.01. The van der Waals surface area contributed by atoms with Crippen molar-refractivity contribution < 1.29 is 4.79 Å². The van der Waals surface area contributed by atoms with Crippen LogP contribution in [0, 0.1) is 12.8 Å². The minimum absolute atomic E-state index is 0.107. The monoisotopic (exact) mass is 309 g/mol. The molecule has 1 amide bonds. The molecular weight excluding hydrogens is 290 g/mol. The van der Waals surface area contributed by atoms with Crippen molar-refractivity contribution in [1.29, 1.82) is 0 Å². The van der Waals surface area contributed by atoms with Crippen molar-refractivity contribution in [3.05, 3.63) is 58.0 Å². The number of nitrogens with one attached hydrogen (secondary N) is 2. The summed E-state index contributed by atoms with van der Waals surface area (Å²) in [6.45, 7) is 3.78. The predicted octanol–water partition coefficient (Wildman–Crippen LogP) is 3.04. The first-order chi connectivity index (χ1) is 11.0. The predicted molar refractivity (Wildman–Crippen MR) is 90.1 cm³/mol. The molecule has 2 N–H and O–H groups in total. The Bertz CT molecular complexity index is 815. The normalized spacial score (nSPS) is 14.6. The lowest BCUT2D eigenvalue weighted by molar-refractivity contribution is -0.112. The van der Waals surface area contributed by atoms with Crippen LogP contribution >= 0.6 is 0 Å². The number of hydrogen-bond acceptors (Lipinski definition) is 3. The second-order valence-electron chi connectivity index (χ2n) is 5.96. The molecule has 0 aliphatic heterocycles. The van der Waals surface area contributed by atoms with E-state index in [1.54, 1.807) is 25.1 Å². The molecule has 1 aliphatic rings. The number of nitrogens with zero attached hydrogens (tertiary/aromatic N) is 1. The van der Waals surface area contributed by atoms with E-state index in [0.29, 0.717) is 23.1 Å². The molecule has 0 saturated heterocycles. The Morgan fingerprint density at radius 1 is 1.30 bits per heavy atom. The number of amides is 1. The Balaban J connectivity index is 1.73. The molecule has 0 atom stereocenters. The molecule has 1 heterocycles. The van der Waals surface area contributed by atoms with Crippen LogP contribution in [-0.4, -0.2) is 15.9 Å². The van der Waals surface area contributed by atoms with Crippen LogP contribution in [-0.2, 0) is 4.79 Å². The Morgan fingerprint density at radius 3 is 2.61 bits per heavy atom. The minimum Gasteiger partial charge on any atom is -0.323 e. The number of aromatic nitrogens is 2. The minimum atomic E-state index is -0.175. The third kappa shape index (κ3) is 3.94. The Hall–Kier alpha value is -2.69. The fourth-order valence-corrected chi connectivity index (χ4v) is 2.47. The van der Waals surface area contributed by atoms with Crippen LogP contribution in [0.25, 0.3) is 11.4 Å². The first-order valence-electron chi connectivity index (χ1n) is 7.69. The van der Waals surface area contributed by atoms with Crippen molar-refractivity contribution in [2.45, 2.75) is 26.7 Å². The van der Waals surface area contributed by atoms with Crippen LogP contribution in [0.4, 0.5) is 5.69 Å². The van der Waals surface area contributed by atoms with Crippen LogP contribution in [0.15, 0.2) is 46.8 Å². The first-order valence-corrected chi connectivity index (χ1v) is 7.69. The van der Waals surface area contributed by atoms with E-state index in [-0.39, 0.29) is 11.5 Å². The maximum absolute atomic E-state index is 12.0. The maximum Gasteiger partial charge on any atom is 0.251 e. The van der Waals surface area contributed by atoms with Crippen LogP contribution in [0.2, 0.25) is 0 Å². The number of aromatic amines is 1. The zero-order chi connectivity index (χ0) is 16.4. The van der Waals surface area contributed by atoms with Gasteiger partial charge in [-0.3, -0.25) is 9.59 Å². The van der Waals surface area contributed by atoms with Gasteiger partial charge in [-0.25, -0.2) is 4.98 Å². The Kier molecular flexibility index (Phi) is 4.10. The average Bonchev–Trinajstić information content (AvgIpc) is 3.31. The van der Waals surface area contributed by atoms with Crippen molar-refractivity contribution in [1.82, 2.24) is 9.97 Å². The van der Waals surface area contributed by atoms with Gasteiger partial charge in [0.1, 0.15) is 5.82 Å². The second kappa shape index (κ2) is 6.20. The van der Waals surface area contributed by atoms with Gasteiger partial charge in [0, 0.05) is 29.1 Å². The molecule has 1 saturated carbocycles. The summed E-state index contributed by atoms with van der Waals surface area (Å²) >= 11 is 0. The molecule has 1 aliphatic carbocycles. The highest BCUT2D eigenvalue weighted by atomic mass is 16.1. The molecule has 1 aromatic carbocycles. The molecule has 0 radical (unpaired) electrons. The average molecular weight is 309 g/mol. The highest BCUT2D eigenvalue weighted by Crippen LogP contribution is 2.35. The van der Waals surface area contributed by atoms with Gasteiger partial charge < -0.3 is 10.3 Å². The quantitative estimate of drug-likeness (QED) is 0.852. The molecular formula is C18H19N3O2. The third-order valence-electron chi connectivity index (χ3n) is 3.88. The fraction of sp³-hybridized carbons (Fsp3) is 0.278. The number of rotatable bonds is 4. The molecule has 5 heteroatoms. The zero-order valence-corrected chi connectivity index (χ0v) is 13.2. The molecule has 0 bridgehead atoms. The standard InChI is InChI=1S/C18H19N3O2/c1-11(13-3-4-13)9-16(22)20-15-7-5-14(6-8-15)18-19-12(2)10-17(23)21-18/h5-10,13H,3-4H2,1-2H3,(H,20,22)(H,19,21,23)/b11-9+. The van der Waals surface area contributed by atoms with E-state index in [1.165, 1.54) is 18.9 Å². The SMILES string of the molecule is C/C(=C\C(=O)Nc1ccc(-c2nc(C)cc(=O)[nH]2)cc1)C1CC1. The number of benzene rings is 1. The number of carbonyl (C=O) groups is 1. The number of allylic oxidation sites excluding steroid dienone is 1. The number of aryl methyl sites for hydroxylation is 1. The molecule has 3 rings (SSSR count). The van der Waals surface area contributed by atoms with Gasteiger partial charge in [0.25, 0.3) is 5.56 Å². The number of H-pyrrole nitrogens is 1. The molecule has 23 heavy (non-hydrogen) atoms. The number of carbonyl (C=O) groups excluding carboxylic acids is 1. The fourth-order valence-electron chi connectivity index (χ4n) is 2.47. The molecule has 118 valence electrons. The molecule has 2 aromatic rings. The van der Waals surface area contributed by atoms with Gasteiger partial charge in [-0.15, -0.1) is 0 Å². The van der Waals surface area contributed by atoms with Crippen molar-refractivity contribution in [2.24, 2.45) is 5.92 Å². The summed E-state index contributed by atoms with van der Waals surface area (Å²) in [6.07, 6.45) is 4.04. The topological polar surface area (TPSA) is 74.8 Å². The molecule has 1 aromatic heterocycles. The summed E-state index contributed by atoms with van der Waals surface area (Å²) in [6, 6.07) is 8.70. The van der Waals surface area contributed by atoms with Crippen molar-refractivity contribution >= 4 is 11.6 Å². The molecule has 5 nitrogen and oxygen atoms in total. The number of hydrogen-bond donors (Lipinski definition) is 2. The summed E-state index contributed by atoms with van der Waals surface area (Å²) in [4.78, 5) is 30.5. The Labute approximate surface area is 134 Å².